The van der Waals surface area contributed by atoms with Gasteiger partial charge in [0.1, 0.15) is 18.0 Å². The third kappa shape index (κ3) is 3.32. The number of aromatic nitrogens is 2. The Balaban J connectivity index is 2.82. The minimum absolute atomic E-state index is 0.177. The molecule has 16 heavy (non-hydrogen) atoms. The summed E-state index contributed by atoms with van der Waals surface area (Å²) < 4.78 is 0. The van der Waals surface area contributed by atoms with Gasteiger partial charge in [-0.3, -0.25) is 0 Å². The summed E-state index contributed by atoms with van der Waals surface area (Å²) in [6.45, 7) is 5.09. The molecule has 0 saturated carbocycles. The topological polar surface area (TPSA) is 87.3 Å². The van der Waals surface area contributed by atoms with Crippen LogP contribution in [-0.2, 0) is 0 Å². The van der Waals surface area contributed by atoms with E-state index in [1.807, 2.05) is 0 Å². The Kier molecular flexibility index (Phi) is 4.94. The maximum atomic E-state index is 8.85. The van der Waals surface area contributed by atoms with Crippen molar-refractivity contribution in [3.63, 3.8) is 0 Å². The van der Waals surface area contributed by atoms with Crippen LogP contribution in [0.4, 0.5) is 11.6 Å². The largest absolute Gasteiger partial charge is 0.396 e. The lowest BCUT2D eigenvalue weighted by molar-refractivity contribution is 0.288. The van der Waals surface area contributed by atoms with Crippen molar-refractivity contribution in [2.45, 2.75) is 26.3 Å². The number of nitrogens with two attached hydrogens (primary N) is 1. The van der Waals surface area contributed by atoms with Crippen LogP contribution in [0.3, 0.4) is 0 Å². The Hall–Kier alpha value is -1.40. The van der Waals surface area contributed by atoms with Crippen LogP contribution in [0.15, 0.2) is 12.4 Å². The zero-order valence-corrected chi connectivity index (χ0v) is 9.72. The zero-order valence-electron chi connectivity index (χ0n) is 9.72. The molecule has 0 atom stereocenters. The van der Waals surface area contributed by atoms with Gasteiger partial charge in [0, 0.05) is 25.3 Å². The molecule has 4 N–H and O–H groups in total. The van der Waals surface area contributed by atoms with Crippen LogP contribution >= 0.6 is 0 Å². The number of rotatable bonds is 6. The SMILES string of the molecule is CC(C)N(CCCO)c1cc(NN)ncn1. The predicted octanol–water partition coefficient (Wildman–Crippen LogP) is 0.359. The van der Waals surface area contributed by atoms with Gasteiger partial charge in [0.2, 0.25) is 0 Å². The molecule has 0 saturated heterocycles. The van der Waals surface area contributed by atoms with E-state index in [0.717, 1.165) is 12.4 Å². The molecule has 0 aliphatic rings. The minimum Gasteiger partial charge on any atom is -0.396 e. The van der Waals surface area contributed by atoms with Gasteiger partial charge in [-0.25, -0.2) is 15.8 Å². The molecule has 0 unspecified atom stereocenters. The monoisotopic (exact) mass is 225 g/mol. The van der Waals surface area contributed by atoms with Gasteiger partial charge in [0.15, 0.2) is 0 Å². The minimum atomic E-state index is 0.177. The highest BCUT2D eigenvalue weighted by atomic mass is 16.3. The summed E-state index contributed by atoms with van der Waals surface area (Å²) in [6.07, 6.45) is 2.19. The van der Waals surface area contributed by atoms with E-state index in [0.29, 0.717) is 18.3 Å². The maximum Gasteiger partial charge on any atom is 0.145 e. The van der Waals surface area contributed by atoms with Crippen LogP contribution in [0, 0.1) is 0 Å². The normalized spacial score (nSPS) is 10.6. The Labute approximate surface area is 95.5 Å². The molecule has 0 spiro atoms. The molecule has 0 aliphatic heterocycles. The molecule has 0 amide bonds. The standard InChI is InChI=1S/C10H19N5O/c1-8(2)15(4-3-5-16)10-6-9(14-11)12-7-13-10/h6-8,16H,3-5,11H2,1-2H3,(H,12,13,14). The summed E-state index contributed by atoms with van der Waals surface area (Å²) >= 11 is 0. The van der Waals surface area contributed by atoms with Crippen LogP contribution in [0.25, 0.3) is 0 Å². The van der Waals surface area contributed by atoms with Crippen molar-refractivity contribution < 1.29 is 5.11 Å². The Bertz CT molecular complexity index is 318. The predicted molar refractivity (Wildman–Crippen MR) is 64.0 cm³/mol. The molecule has 0 aromatic carbocycles. The molecule has 90 valence electrons. The van der Waals surface area contributed by atoms with E-state index in [2.05, 4.69) is 34.1 Å². The van der Waals surface area contributed by atoms with Crippen molar-refractivity contribution in [3.05, 3.63) is 12.4 Å². The Morgan fingerprint density at radius 3 is 2.81 bits per heavy atom. The number of nitrogen functional groups attached to an aromatic ring is 1. The van der Waals surface area contributed by atoms with E-state index in [4.69, 9.17) is 10.9 Å². The number of nitrogens with one attached hydrogen (secondary N) is 1. The van der Waals surface area contributed by atoms with Gasteiger partial charge in [-0.2, -0.15) is 0 Å². The fourth-order valence-corrected chi connectivity index (χ4v) is 1.46. The maximum absolute atomic E-state index is 8.85. The Morgan fingerprint density at radius 1 is 1.50 bits per heavy atom. The second kappa shape index (κ2) is 6.24. The van der Waals surface area contributed by atoms with E-state index in [9.17, 15) is 0 Å². The summed E-state index contributed by atoms with van der Waals surface area (Å²) in [5, 5.41) is 8.85. The smallest absolute Gasteiger partial charge is 0.145 e. The van der Waals surface area contributed by atoms with Crippen molar-refractivity contribution in [1.29, 1.82) is 0 Å². The summed E-state index contributed by atoms with van der Waals surface area (Å²) in [6, 6.07) is 2.10. The fraction of sp³-hybridized carbons (Fsp3) is 0.600. The molecule has 0 aliphatic carbocycles. The summed E-state index contributed by atoms with van der Waals surface area (Å²) in [5.41, 5.74) is 2.49. The van der Waals surface area contributed by atoms with Crippen molar-refractivity contribution in [1.82, 2.24) is 9.97 Å². The molecule has 0 radical (unpaired) electrons. The van der Waals surface area contributed by atoms with Crippen molar-refractivity contribution >= 4 is 11.6 Å². The molecule has 0 fully saturated rings. The number of nitrogens with zero attached hydrogens (tertiary/aromatic N) is 3. The lowest BCUT2D eigenvalue weighted by Gasteiger charge is -2.27. The van der Waals surface area contributed by atoms with Gasteiger partial charge < -0.3 is 15.4 Å². The number of aliphatic hydroxyl groups excluding tert-OH is 1. The van der Waals surface area contributed by atoms with Gasteiger partial charge in [0.25, 0.3) is 0 Å². The van der Waals surface area contributed by atoms with Crippen LogP contribution in [0.1, 0.15) is 20.3 Å². The van der Waals surface area contributed by atoms with Crippen molar-refractivity contribution in [2.75, 3.05) is 23.5 Å². The molecule has 1 aromatic heterocycles. The second-order valence-electron chi connectivity index (χ2n) is 3.77. The number of aliphatic hydroxyl groups is 1. The number of hydrogen-bond donors (Lipinski definition) is 3. The number of hydrogen-bond acceptors (Lipinski definition) is 6. The first-order valence-electron chi connectivity index (χ1n) is 5.35. The lowest BCUT2D eigenvalue weighted by Crippen LogP contribution is -2.33. The quantitative estimate of drug-likeness (QED) is 0.478. The lowest BCUT2D eigenvalue weighted by atomic mass is 10.3. The average molecular weight is 225 g/mol. The first-order chi connectivity index (χ1) is 7.69. The third-order valence-corrected chi connectivity index (χ3v) is 2.28. The highest BCUT2D eigenvalue weighted by molar-refractivity contribution is 5.48. The first-order valence-corrected chi connectivity index (χ1v) is 5.35. The molecular formula is C10H19N5O. The number of anilines is 2. The molecule has 1 heterocycles. The highest BCUT2D eigenvalue weighted by Crippen LogP contribution is 2.16. The molecule has 1 aromatic rings. The molecule has 1 rings (SSSR count). The summed E-state index contributed by atoms with van der Waals surface area (Å²) in [7, 11) is 0. The third-order valence-electron chi connectivity index (χ3n) is 2.28. The van der Waals surface area contributed by atoms with E-state index in [1.54, 1.807) is 6.07 Å². The van der Waals surface area contributed by atoms with Gasteiger partial charge in [-0.1, -0.05) is 0 Å². The first kappa shape index (κ1) is 12.7. The molecular weight excluding hydrogens is 206 g/mol. The number of hydrazine groups is 1. The van der Waals surface area contributed by atoms with Gasteiger partial charge in [-0.15, -0.1) is 0 Å². The fourth-order valence-electron chi connectivity index (χ4n) is 1.46. The second-order valence-corrected chi connectivity index (χ2v) is 3.77. The average Bonchev–Trinajstić information content (AvgIpc) is 2.29. The molecule has 0 bridgehead atoms. The van der Waals surface area contributed by atoms with Crippen LogP contribution in [-0.4, -0.2) is 34.3 Å². The van der Waals surface area contributed by atoms with E-state index >= 15 is 0 Å². The zero-order chi connectivity index (χ0) is 12.0. The molecule has 6 nitrogen and oxygen atoms in total. The van der Waals surface area contributed by atoms with Gasteiger partial charge >= 0.3 is 0 Å². The highest BCUT2D eigenvalue weighted by Gasteiger charge is 2.11. The van der Waals surface area contributed by atoms with Crippen LogP contribution in [0.5, 0.6) is 0 Å². The van der Waals surface area contributed by atoms with E-state index in [1.165, 1.54) is 6.33 Å². The van der Waals surface area contributed by atoms with Gasteiger partial charge in [-0.05, 0) is 20.3 Å². The van der Waals surface area contributed by atoms with E-state index < -0.39 is 0 Å². The summed E-state index contributed by atoms with van der Waals surface area (Å²) in [5.74, 6) is 6.69. The van der Waals surface area contributed by atoms with Crippen molar-refractivity contribution in [3.8, 4) is 0 Å². The summed E-state index contributed by atoms with van der Waals surface area (Å²) in [4.78, 5) is 10.3. The Morgan fingerprint density at radius 2 is 2.25 bits per heavy atom. The van der Waals surface area contributed by atoms with Crippen LogP contribution < -0.4 is 16.2 Å². The van der Waals surface area contributed by atoms with E-state index in [-0.39, 0.29) is 6.61 Å². The van der Waals surface area contributed by atoms with Crippen molar-refractivity contribution in [2.24, 2.45) is 5.84 Å². The molecule has 6 heteroatoms. The van der Waals surface area contributed by atoms with Crippen LogP contribution in [0.2, 0.25) is 0 Å². The van der Waals surface area contributed by atoms with Gasteiger partial charge in [0.05, 0.1) is 0 Å².